The van der Waals surface area contributed by atoms with Gasteiger partial charge in [0.15, 0.2) is 0 Å². The Labute approximate surface area is 154 Å². The molecule has 2 aromatic rings. The Balaban J connectivity index is 1.77. The molecule has 1 heterocycles. The summed E-state index contributed by atoms with van der Waals surface area (Å²) in [6, 6.07) is 16.2. The van der Waals surface area contributed by atoms with Gasteiger partial charge in [-0.25, -0.2) is 13.1 Å². The molecule has 1 saturated heterocycles. The minimum Gasteiger partial charge on any atom is -0.314 e. The maximum atomic E-state index is 12.6. The molecular formula is C18H22ClN3O2S. The lowest BCUT2D eigenvalue weighted by Crippen LogP contribution is -2.48. The van der Waals surface area contributed by atoms with E-state index < -0.39 is 10.0 Å². The molecule has 0 aliphatic carbocycles. The third-order valence-corrected chi connectivity index (χ3v) is 6.06. The second kappa shape index (κ2) is 8.29. The molecule has 25 heavy (non-hydrogen) atoms. The molecule has 7 heteroatoms. The van der Waals surface area contributed by atoms with Crippen molar-refractivity contribution in [2.24, 2.45) is 0 Å². The number of nitrogens with one attached hydrogen (secondary N) is 2. The van der Waals surface area contributed by atoms with Crippen LogP contribution in [-0.2, 0) is 10.0 Å². The summed E-state index contributed by atoms with van der Waals surface area (Å²) >= 11 is 5.84. The number of benzene rings is 2. The highest BCUT2D eigenvalue weighted by molar-refractivity contribution is 7.89. The number of hydrogen-bond acceptors (Lipinski definition) is 4. The SMILES string of the molecule is O=S(=O)(NC[C@H](c1ccccc1)N1CCNCC1)c1ccc(Cl)cc1. The number of piperazine rings is 1. The van der Waals surface area contributed by atoms with Gasteiger partial charge in [-0.05, 0) is 29.8 Å². The monoisotopic (exact) mass is 379 g/mol. The van der Waals surface area contributed by atoms with Crippen molar-refractivity contribution in [3.63, 3.8) is 0 Å². The van der Waals surface area contributed by atoms with Gasteiger partial charge in [0, 0.05) is 43.8 Å². The van der Waals surface area contributed by atoms with Crippen LogP contribution < -0.4 is 10.0 Å². The average Bonchev–Trinajstić information content (AvgIpc) is 2.64. The van der Waals surface area contributed by atoms with Crippen LogP contribution in [0.3, 0.4) is 0 Å². The molecule has 1 fully saturated rings. The first-order chi connectivity index (χ1) is 12.1. The Morgan fingerprint density at radius 2 is 1.68 bits per heavy atom. The van der Waals surface area contributed by atoms with Crippen molar-refractivity contribution in [1.29, 1.82) is 0 Å². The minimum absolute atomic E-state index is 0.00498. The van der Waals surface area contributed by atoms with E-state index in [1.807, 2.05) is 30.3 Å². The quantitative estimate of drug-likeness (QED) is 0.808. The van der Waals surface area contributed by atoms with Crippen LogP contribution >= 0.6 is 11.6 Å². The van der Waals surface area contributed by atoms with Crippen molar-refractivity contribution in [3.8, 4) is 0 Å². The molecule has 0 saturated carbocycles. The Morgan fingerprint density at radius 1 is 1.04 bits per heavy atom. The van der Waals surface area contributed by atoms with Gasteiger partial charge in [0.05, 0.1) is 4.90 Å². The van der Waals surface area contributed by atoms with Crippen molar-refractivity contribution >= 4 is 21.6 Å². The summed E-state index contributed by atoms with van der Waals surface area (Å²) < 4.78 is 27.9. The molecule has 1 atom stereocenters. The molecule has 134 valence electrons. The number of hydrogen-bond donors (Lipinski definition) is 2. The third kappa shape index (κ3) is 4.80. The Morgan fingerprint density at radius 3 is 2.32 bits per heavy atom. The normalized spacial score (nSPS) is 17.3. The van der Waals surface area contributed by atoms with E-state index in [4.69, 9.17) is 11.6 Å². The Kier molecular flexibility index (Phi) is 6.09. The first-order valence-corrected chi connectivity index (χ1v) is 10.2. The van der Waals surface area contributed by atoms with E-state index >= 15 is 0 Å². The zero-order valence-corrected chi connectivity index (χ0v) is 15.4. The van der Waals surface area contributed by atoms with E-state index in [0.29, 0.717) is 11.6 Å². The summed E-state index contributed by atoms with van der Waals surface area (Å²) in [7, 11) is -3.57. The van der Waals surface area contributed by atoms with Crippen molar-refractivity contribution in [2.75, 3.05) is 32.7 Å². The van der Waals surface area contributed by atoms with Crippen LogP contribution in [-0.4, -0.2) is 46.0 Å². The van der Waals surface area contributed by atoms with Crippen molar-refractivity contribution in [2.45, 2.75) is 10.9 Å². The number of halogens is 1. The molecule has 0 spiro atoms. The van der Waals surface area contributed by atoms with E-state index in [9.17, 15) is 8.42 Å². The predicted molar refractivity (Wildman–Crippen MR) is 100 cm³/mol. The fraction of sp³-hybridized carbons (Fsp3) is 0.333. The summed E-state index contributed by atoms with van der Waals surface area (Å²) in [5, 5.41) is 3.85. The van der Waals surface area contributed by atoms with Gasteiger partial charge in [0.25, 0.3) is 0 Å². The van der Waals surface area contributed by atoms with Gasteiger partial charge in [0.2, 0.25) is 10.0 Å². The highest BCUT2D eigenvalue weighted by atomic mass is 35.5. The molecule has 1 aliphatic rings. The fourth-order valence-electron chi connectivity index (χ4n) is 3.01. The zero-order chi connectivity index (χ0) is 17.7. The average molecular weight is 380 g/mol. The number of sulfonamides is 1. The van der Waals surface area contributed by atoms with E-state index in [0.717, 1.165) is 31.7 Å². The van der Waals surface area contributed by atoms with E-state index in [-0.39, 0.29) is 10.9 Å². The van der Waals surface area contributed by atoms with E-state index in [2.05, 4.69) is 14.9 Å². The lowest BCUT2D eigenvalue weighted by atomic mass is 10.0. The summed E-state index contributed by atoms with van der Waals surface area (Å²) in [6.07, 6.45) is 0. The minimum atomic E-state index is -3.57. The van der Waals surface area contributed by atoms with Gasteiger partial charge in [-0.1, -0.05) is 41.9 Å². The molecule has 0 bridgehead atoms. The van der Waals surface area contributed by atoms with Gasteiger partial charge in [-0.2, -0.15) is 0 Å². The highest BCUT2D eigenvalue weighted by Gasteiger charge is 2.24. The second-order valence-electron chi connectivity index (χ2n) is 6.02. The lowest BCUT2D eigenvalue weighted by molar-refractivity contribution is 0.175. The van der Waals surface area contributed by atoms with Crippen LogP contribution in [0.1, 0.15) is 11.6 Å². The van der Waals surface area contributed by atoms with Crippen LogP contribution in [0.5, 0.6) is 0 Å². The first-order valence-electron chi connectivity index (χ1n) is 8.31. The summed E-state index contributed by atoms with van der Waals surface area (Å²) in [6.45, 7) is 3.93. The fourth-order valence-corrected chi connectivity index (χ4v) is 4.18. The van der Waals surface area contributed by atoms with Crippen molar-refractivity contribution in [1.82, 2.24) is 14.9 Å². The van der Waals surface area contributed by atoms with Crippen LogP contribution in [0, 0.1) is 0 Å². The topological polar surface area (TPSA) is 61.4 Å². The van der Waals surface area contributed by atoms with Gasteiger partial charge < -0.3 is 5.32 Å². The molecule has 1 aliphatic heterocycles. The van der Waals surface area contributed by atoms with Gasteiger partial charge in [-0.15, -0.1) is 0 Å². The smallest absolute Gasteiger partial charge is 0.240 e. The standard InChI is InChI=1S/C18H22ClN3O2S/c19-16-6-8-17(9-7-16)25(23,24)21-14-18(15-4-2-1-3-5-15)22-12-10-20-11-13-22/h1-9,18,20-21H,10-14H2/t18-/m1/s1. The molecule has 2 N–H and O–H groups in total. The largest absolute Gasteiger partial charge is 0.314 e. The molecule has 0 amide bonds. The Hall–Kier alpha value is -1.44. The van der Waals surface area contributed by atoms with Crippen molar-refractivity contribution < 1.29 is 8.42 Å². The molecule has 0 aromatic heterocycles. The molecule has 5 nitrogen and oxygen atoms in total. The number of rotatable bonds is 6. The molecule has 0 radical (unpaired) electrons. The van der Waals surface area contributed by atoms with Crippen molar-refractivity contribution in [3.05, 3.63) is 65.2 Å². The Bertz CT molecular complexity index is 776. The van der Waals surface area contributed by atoms with Crippen LogP contribution in [0.25, 0.3) is 0 Å². The lowest BCUT2D eigenvalue weighted by Gasteiger charge is -2.35. The van der Waals surface area contributed by atoms with Gasteiger partial charge >= 0.3 is 0 Å². The van der Waals surface area contributed by atoms with Gasteiger partial charge in [0.1, 0.15) is 0 Å². The second-order valence-corrected chi connectivity index (χ2v) is 8.22. The summed E-state index contributed by atoms with van der Waals surface area (Å²) in [4.78, 5) is 2.54. The maximum absolute atomic E-state index is 12.6. The molecule has 3 rings (SSSR count). The zero-order valence-electron chi connectivity index (χ0n) is 13.9. The molecule has 2 aromatic carbocycles. The van der Waals surface area contributed by atoms with Crippen LogP contribution in [0.15, 0.2) is 59.5 Å². The predicted octanol–water partition coefficient (Wildman–Crippen LogP) is 2.26. The highest BCUT2D eigenvalue weighted by Crippen LogP contribution is 2.21. The summed E-state index contributed by atoms with van der Waals surface area (Å²) in [5.41, 5.74) is 1.11. The third-order valence-electron chi connectivity index (χ3n) is 4.37. The molecule has 0 unspecified atom stereocenters. The first kappa shape index (κ1) is 18.4. The number of nitrogens with zero attached hydrogens (tertiary/aromatic N) is 1. The van der Waals surface area contributed by atoms with Crippen LogP contribution in [0.4, 0.5) is 0 Å². The van der Waals surface area contributed by atoms with Gasteiger partial charge in [-0.3, -0.25) is 4.90 Å². The summed E-state index contributed by atoms with van der Waals surface area (Å²) in [5.74, 6) is 0. The van der Waals surface area contributed by atoms with E-state index in [1.54, 1.807) is 12.1 Å². The molecular weight excluding hydrogens is 358 g/mol. The maximum Gasteiger partial charge on any atom is 0.240 e. The van der Waals surface area contributed by atoms with E-state index in [1.165, 1.54) is 12.1 Å². The van der Waals surface area contributed by atoms with Crippen LogP contribution in [0.2, 0.25) is 5.02 Å².